The van der Waals surface area contributed by atoms with E-state index in [4.69, 9.17) is 9.84 Å². The molecule has 1 aliphatic rings. The van der Waals surface area contributed by atoms with Crippen LogP contribution in [-0.4, -0.2) is 39.1 Å². The van der Waals surface area contributed by atoms with Gasteiger partial charge in [-0.15, -0.1) is 0 Å². The molecule has 1 N–H and O–H groups in total. The highest BCUT2D eigenvalue weighted by atomic mass is 16.5. The third-order valence-corrected chi connectivity index (χ3v) is 6.95. The van der Waals surface area contributed by atoms with E-state index in [-0.39, 0.29) is 24.9 Å². The fourth-order valence-corrected chi connectivity index (χ4v) is 4.73. The predicted molar refractivity (Wildman–Crippen MR) is 142 cm³/mol. The van der Waals surface area contributed by atoms with E-state index < -0.39 is 5.54 Å². The van der Waals surface area contributed by atoms with Gasteiger partial charge in [0.2, 0.25) is 5.91 Å². The molecule has 1 aliphatic heterocycles. The first-order valence-electron chi connectivity index (χ1n) is 12.3. The molecule has 7 heteroatoms. The van der Waals surface area contributed by atoms with E-state index in [9.17, 15) is 9.59 Å². The van der Waals surface area contributed by atoms with Gasteiger partial charge in [0.15, 0.2) is 0 Å². The fourth-order valence-electron chi connectivity index (χ4n) is 4.73. The molecular formula is C30H30N4O3. The molecule has 0 saturated heterocycles. The molecule has 37 heavy (non-hydrogen) atoms. The molecule has 0 aliphatic carbocycles. The van der Waals surface area contributed by atoms with Gasteiger partial charge >= 0.3 is 0 Å². The number of hydrogen-bond acceptors (Lipinski definition) is 4. The number of ether oxygens (including phenoxy) is 1. The number of rotatable bonds is 7. The van der Waals surface area contributed by atoms with Crippen LogP contribution >= 0.6 is 0 Å². The van der Waals surface area contributed by atoms with Crippen LogP contribution in [0.2, 0.25) is 0 Å². The maximum Gasteiger partial charge on any atom is 0.273 e. The zero-order chi connectivity index (χ0) is 26.0. The van der Waals surface area contributed by atoms with Crippen molar-refractivity contribution >= 4 is 11.8 Å². The average Bonchev–Trinajstić information content (AvgIpc) is 3.35. The Kier molecular flexibility index (Phi) is 6.53. The molecule has 188 valence electrons. The van der Waals surface area contributed by atoms with Crippen molar-refractivity contribution in [2.75, 3.05) is 7.11 Å². The molecule has 3 aromatic carbocycles. The van der Waals surface area contributed by atoms with Gasteiger partial charge in [-0.3, -0.25) is 14.3 Å². The first-order chi connectivity index (χ1) is 17.9. The van der Waals surface area contributed by atoms with E-state index in [2.05, 4.69) is 5.32 Å². The Morgan fingerprint density at radius 1 is 1.03 bits per heavy atom. The van der Waals surface area contributed by atoms with Crippen molar-refractivity contribution in [2.24, 2.45) is 0 Å². The quantitative estimate of drug-likeness (QED) is 0.408. The smallest absolute Gasteiger partial charge is 0.273 e. The minimum atomic E-state index is -1.16. The van der Waals surface area contributed by atoms with Crippen LogP contribution in [0.15, 0.2) is 84.9 Å². The lowest BCUT2D eigenvalue weighted by atomic mass is 9.93. The largest absolute Gasteiger partial charge is 0.496 e. The highest BCUT2D eigenvalue weighted by molar-refractivity contribution is 6.00. The van der Waals surface area contributed by atoms with E-state index in [1.54, 1.807) is 16.7 Å². The molecule has 0 spiro atoms. The van der Waals surface area contributed by atoms with E-state index in [1.165, 1.54) is 0 Å². The van der Waals surface area contributed by atoms with Gasteiger partial charge in [0.25, 0.3) is 5.91 Å². The number of carbonyl (C=O) groups is 2. The fraction of sp³-hybridized carbons (Fsp3) is 0.233. The van der Waals surface area contributed by atoms with Crippen molar-refractivity contribution in [3.8, 4) is 17.0 Å². The highest BCUT2D eigenvalue weighted by Gasteiger charge is 2.48. The summed E-state index contributed by atoms with van der Waals surface area (Å²) in [5, 5.41) is 7.76. The van der Waals surface area contributed by atoms with Crippen LogP contribution in [0.1, 0.15) is 34.1 Å². The normalized spacial score (nSPS) is 16.8. The molecule has 2 amide bonds. The Balaban J connectivity index is 1.49. The first-order valence-corrected chi connectivity index (χ1v) is 12.3. The monoisotopic (exact) mass is 494 g/mol. The van der Waals surface area contributed by atoms with Crippen LogP contribution in [0.25, 0.3) is 11.3 Å². The summed E-state index contributed by atoms with van der Waals surface area (Å²) >= 11 is 0. The number of para-hydroxylation sites is 1. The third-order valence-electron chi connectivity index (χ3n) is 6.95. The second-order valence-electron chi connectivity index (χ2n) is 9.58. The van der Waals surface area contributed by atoms with Crippen LogP contribution in [-0.2, 0) is 24.4 Å². The number of fused-ring (bicyclic) bond motifs is 1. The van der Waals surface area contributed by atoms with Crippen molar-refractivity contribution in [1.82, 2.24) is 20.0 Å². The maximum atomic E-state index is 13.9. The Labute approximate surface area is 216 Å². The topological polar surface area (TPSA) is 76.5 Å². The van der Waals surface area contributed by atoms with Crippen LogP contribution in [0, 0.1) is 6.92 Å². The van der Waals surface area contributed by atoms with Gasteiger partial charge in [0, 0.05) is 24.2 Å². The second kappa shape index (κ2) is 9.93. The first kappa shape index (κ1) is 24.3. The van der Waals surface area contributed by atoms with Gasteiger partial charge in [-0.25, -0.2) is 0 Å². The van der Waals surface area contributed by atoms with Gasteiger partial charge in [0.1, 0.15) is 17.0 Å². The molecule has 0 bridgehead atoms. The summed E-state index contributed by atoms with van der Waals surface area (Å²) in [5.74, 6) is 0.226. The van der Waals surface area contributed by atoms with Crippen LogP contribution < -0.4 is 10.1 Å². The summed E-state index contributed by atoms with van der Waals surface area (Å²) in [5.41, 5.74) is 3.90. The van der Waals surface area contributed by atoms with E-state index in [0.29, 0.717) is 23.7 Å². The predicted octanol–water partition coefficient (Wildman–Crippen LogP) is 4.60. The van der Waals surface area contributed by atoms with Crippen LogP contribution in [0.4, 0.5) is 0 Å². The number of amides is 2. The number of carbonyl (C=O) groups excluding carboxylic acids is 2. The van der Waals surface area contributed by atoms with E-state index >= 15 is 0 Å². The Morgan fingerprint density at radius 3 is 2.46 bits per heavy atom. The minimum Gasteiger partial charge on any atom is -0.496 e. The van der Waals surface area contributed by atoms with Gasteiger partial charge in [0.05, 0.1) is 19.3 Å². The van der Waals surface area contributed by atoms with E-state index in [0.717, 1.165) is 22.3 Å². The second-order valence-corrected chi connectivity index (χ2v) is 9.58. The Morgan fingerprint density at radius 2 is 1.73 bits per heavy atom. The molecule has 1 atom stereocenters. The van der Waals surface area contributed by atoms with E-state index in [1.807, 2.05) is 98.8 Å². The van der Waals surface area contributed by atoms with Gasteiger partial charge in [-0.2, -0.15) is 5.10 Å². The van der Waals surface area contributed by atoms with Crippen molar-refractivity contribution in [3.05, 3.63) is 107 Å². The molecular weight excluding hydrogens is 464 g/mol. The summed E-state index contributed by atoms with van der Waals surface area (Å²) in [7, 11) is 1.61. The molecule has 7 nitrogen and oxygen atoms in total. The average molecular weight is 495 g/mol. The third kappa shape index (κ3) is 4.72. The Bertz CT molecular complexity index is 1430. The molecule has 0 fully saturated rings. The lowest BCUT2D eigenvalue weighted by molar-refractivity contribution is -0.133. The van der Waals surface area contributed by atoms with Crippen molar-refractivity contribution in [1.29, 1.82) is 0 Å². The number of hydrogen-bond donors (Lipinski definition) is 1. The number of benzene rings is 3. The van der Waals surface area contributed by atoms with Crippen molar-refractivity contribution in [2.45, 2.75) is 39.0 Å². The van der Waals surface area contributed by atoms with Crippen molar-refractivity contribution in [3.63, 3.8) is 0 Å². The summed E-state index contributed by atoms with van der Waals surface area (Å²) in [6.45, 7) is 4.67. The van der Waals surface area contributed by atoms with Gasteiger partial charge < -0.3 is 15.0 Å². The number of aryl methyl sites for hydroxylation is 1. The summed E-state index contributed by atoms with van der Waals surface area (Å²) in [6, 6.07) is 27.1. The summed E-state index contributed by atoms with van der Waals surface area (Å²) in [6.07, 6.45) is 0. The van der Waals surface area contributed by atoms with Crippen molar-refractivity contribution < 1.29 is 14.3 Å². The lowest BCUT2D eigenvalue weighted by Crippen LogP contribution is -2.63. The molecule has 5 rings (SSSR count). The highest BCUT2D eigenvalue weighted by Crippen LogP contribution is 2.32. The molecule has 0 unspecified atom stereocenters. The zero-order valence-electron chi connectivity index (χ0n) is 21.3. The summed E-state index contributed by atoms with van der Waals surface area (Å²) < 4.78 is 7.10. The molecule has 2 heterocycles. The zero-order valence-corrected chi connectivity index (χ0v) is 21.3. The lowest BCUT2D eigenvalue weighted by Gasteiger charge is -2.43. The van der Waals surface area contributed by atoms with Crippen LogP contribution in [0.3, 0.4) is 0 Å². The molecule has 0 saturated carbocycles. The molecule has 1 aromatic heterocycles. The van der Waals surface area contributed by atoms with Gasteiger partial charge in [-0.05, 0) is 31.5 Å². The maximum absolute atomic E-state index is 13.9. The number of aromatic nitrogens is 2. The Hall–Kier alpha value is -4.39. The molecule has 4 aromatic rings. The summed E-state index contributed by atoms with van der Waals surface area (Å²) in [4.78, 5) is 29.4. The minimum absolute atomic E-state index is 0.226. The number of methoxy groups -OCH3 is 1. The number of nitrogens with one attached hydrogen (secondary N) is 1. The van der Waals surface area contributed by atoms with Gasteiger partial charge in [-0.1, -0.05) is 78.4 Å². The standard InChI is InChI=1S/C30H30N4O3/c1-21-13-15-22(16-14-21)19-33-28(35)26-17-25(23-9-5-4-6-10-23)32-34(26)20-30(33,2)29(36)31-18-24-11-7-8-12-27(24)37-3/h4-17H,18-20H2,1-3H3,(H,31,36)/t30-/m0/s1. The molecule has 0 radical (unpaired) electrons. The van der Waals surface area contributed by atoms with Crippen LogP contribution in [0.5, 0.6) is 5.75 Å². The number of nitrogens with zero attached hydrogens (tertiary/aromatic N) is 3. The SMILES string of the molecule is COc1ccccc1CNC(=O)[C@]1(C)Cn2nc(-c3ccccc3)cc2C(=O)N1Cc1ccc(C)cc1.